The van der Waals surface area contributed by atoms with Crippen molar-refractivity contribution in [3.8, 4) is 5.75 Å². The number of ether oxygens (including phenoxy) is 1. The predicted molar refractivity (Wildman–Crippen MR) is 78.4 cm³/mol. The third-order valence-electron chi connectivity index (χ3n) is 2.09. The average Bonchev–Trinajstić information content (AvgIpc) is 2.32. The Morgan fingerprint density at radius 1 is 1.39 bits per heavy atom. The summed E-state index contributed by atoms with van der Waals surface area (Å²) in [5.41, 5.74) is 0. The predicted octanol–water partition coefficient (Wildman–Crippen LogP) is 1.98. The minimum Gasteiger partial charge on any atom is -0.492 e. The molecule has 4 nitrogen and oxygen atoms in total. The van der Waals surface area contributed by atoms with E-state index >= 15 is 0 Å². The molecule has 0 heterocycles. The SMILES string of the molecule is CNCCC(=O)NCCOc1cccc(Br)c1.Cl. The van der Waals surface area contributed by atoms with Crippen LogP contribution in [0.15, 0.2) is 28.7 Å². The zero-order chi connectivity index (χ0) is 12.5. The average molecular weight is 338 g/mol. The molecule has 0 saturated carbocycles. The van der Waals surface area contributed by atoms with E-state index in [4.69, 9.17) is 4.74 Å². The maximum atomic E-state index is 11.3. The van der Waals surface area contributed by atoms with Crippen LogP contribution in [0.2, 0.25) is 0 Å². The Bertz CT molecular complexity index is 364. The molecule has 1 amide bonds. The van der Waals surface area contributed by atoms with E-state index in [0.29, 0.717) is 26.1 Å². The molecule has 0 fully saturated rings. The van der Waals surface area contributed by atoms with Crippen molar-refractivity contribution < 1.29 is 9.53 Å². The van der Waals surface area contributed by atoms with E-state index in [2.05, 4.69) is 26.6 Å². The van der Waals surface area contributed by atoms with E-state index in [1.54, 1.807) is 0 Å². The van der Waals surface area contributed by atoms with Crippen molar-refractivity contribution in [3.63, 3.8) is 0 Å². The summed E-state index contributed by atoms with van der Waals surface area (Å²) in [6, 6.07) is 7.62. The fraction of sp³-hybridized carbons (Fsp3) is 0.417. The monoisotopic (exact) mass is 336 g/mol. The maximum absolute atomic E-state index is 11.3. The van der Waals surface area contributed by atoms with Crippen LogP contribution in [0.25, 0.3) is 0 Å². The molecule has 18 heavy (non-hydrogen) atoms. The Balaban J connectivity index is 0.00000289. The minimum atomic E-state index is 0. The van der Waals surface area contributed by atoms with Gasteiger partial charge in [-0.05, 0) is 25.2 Å². The Morgan fingerprint density at radius 3 is 2.83 bits per heavy atom. The van der Waals surface area contributed by atoms with Crippen molar-refractivity contribution in [3.05, 3.63) is 28.7 Å². The minimum absolute atomic E-state index is 0. The normalized spacial score (nSPS) is 9.44. The highest BCUT2D eigenvalue weighted by Crippen LogP contribution is 2.17. The van der Waals surface area contributed by atoms with Crippen LogP contribution in [-0.4, -0.2) is 32.7 Å². The van der Waals surface area contributed by atoms with E-state index in [9.17, 15) is 4.79 Å². The molecular formula is C12H18BrClN2O2. The van der Waals surface area contributed by atoms with E-state index in [0.717, 1.165) is 10.2 Å². The van der Waals surface area contributed by atoms with Crippen LogP contribution in [0.4, 0.5) is 0 Å². The van der Waals surface area contributed by atoms with Crippen LogP contribution in [0.1, 0.15) is 6.42 Å². The van der Waals surface area contributed by atoms with Crippen molar-refractivity contribution in [2.24, 2.45) is 0 Å². The Labute approximate surface area is 122 Å². The van der Waals surface area contributed by atoms with Crippen LogP contribution in [0, 0.1) is 0 Å². The number of carbonyl (C=O) groups is 1. The molecule has 0 radical (unpaired) electrons. The first-order chi connectivity index (χ1) is 8.22. The third kappa shape index (κ3) is 7.53. The summed E-state index contributed by atoms with van der Waals surface area (Å²) >= 11 is 3.37. The zero-order valence-corrected chi connectivity index (χ0v) is 12.6. The summed E-state index contributed by atoms with van der Waals surface area (Å²) in [7, 11) is 1.82. The Kier molecular flexibility index (Phi) is 9.73. The van der Waals surface area contributed by atoms with E-state index in [1.165, 1.54) is 0 Å². The topological polar surface area (TPSA) is 50.4 Å². The fourth-order valence-electron chi connectivity index (χ4n) is 1.24. The molecule has 102 valence electrons. The number of nitrogens with one attached hydrogen (secondary N) is 2. The Morgan fingerprint density at radius 2 is 2.17 bits per heavy atom. The lowest BCUT2D eigenvalue weighted by Gasteiger charge is -2.07. The summed E-state index contributed by atoms with van der Waals surface area (Å²) in [5, 5.41) is 5.71. The van der Waals surface area contributed by atoms with E-state index in [1.807, 2.05) is 31.3 Å². The quantitative estimate of drug-likeness (QED) is 0.748. The van der Waals surface area contributed by atoms with Gasteiger partial charge < -0.3 is 15.4 Å². The zero-order valence-electron chi connectivity index (χ0n) is 10.2. The van der Waals surface area contributed by atoms with Gasteiger partial charge in [-0.15, -0.1) is 12.4 Å². The summed E-state index contributed by atoms with van der Waals surface area (Å²) in [6.45, 7) is 1.69. The van der Waals surface area contributed by atoms with Crippen molar-refractivity contribution >= 4 is 34.2 Å². The largest absolute Gasteiger partial charge is 0.492 e. The number of hydrogen-bond donors (Lipinski definition) is 2. The first-order valence-electron chi connectivity index (χ1n) is 5.52. The van der Waals surface area contributed by atoms with Gasteiger partial charge >= 0.3 is 0 Å². The van der Waals surface area contributed by atoms with E-state index < -0.39 is 0 Å². The smallest absolute Gasteiger partial charge is 0.221 e. The van der Waals surface area contributed by atoms with E-state index in [-0.39, 0.29) is 18.3 Å². The van der Waals surface area contributed by atoms with Crippen molar-refractivity contribution in [1.82, 2.24) is 10.6 Å². The van der Waals surface area contributed by atoms with Gasteiger partial charge in [-0.3, -0.25) is 4.79 Å². The van der Waals surface area contributed by atoms with Gasteiger partial charge in [0.2, 0.25) is 5.91 Å². The van der Waals surface area contributed by atoms with Gasteiger partial charge in [-0.25, -0.2) is 0 Å². The number of rotatable bonds is 7. The first kappa shape index (κ1) is 17.2. The second kappa shape index (κ2) is 10.2. The third-order valence-corrected chi connectivity index (χ3v) is 2.58. The molecule has 0 aliphatic rings. The lowest BCUT2D eigenvalue weighted by Crippen LogP contribution is -2.30. The standard InChI is InChI=1S/C12H17BrN2O2.ClH/c1-14-6-5-12(16)15-7-8-17-11-4-2-3-10(13)9-11;/h2-4,9,14H,5-8H2,1H3,(H,15,16);1H. The highest BCUT2D eigenvalue weighted by atomic mass is 79.9. The maximum Gasteiger partial charge on any atom is 0.221 e. The second-order valence-electron chi connectivity index (χ2n) is 3.51. The van der Waals surface area contributed by atoms with Gasteiger partial charge in [0, 0.05) is 17.4 Å². The molecule has 0 aliphatic heterocycles. The van der Waals surface area contributed by atoms with Gasteiger partial charge in [0.25, 0.3) is 0 Å². The van der Waals surface area contributed by atoms with Crippen LogP contribution >= 0.6 is 28.3 Å². The molecule has 1 aromatic carbocycles. The van der Waals surface area contributed by atoms with Crippen molar-refractivity contribution in [1.29, 1.82) is 0 Å². The summed E-state index contributed by atoms with van der Waals surface area (Å²) < 4.78 is 6.46. The molecule has 1 aromatic rings. The first-order valence-corrected chi connectivity index (χ1v) is 6.31. The molecule has 0 aromatic heterocycles. The highest BCUT2D eigenvalue weighted by molar-refractivity contribution is 9.10. The molecule has 0 bridgehead atoms. The van der Waals surface area contributed by atoms with Crippen LogP contribution in [0.3, 0.4) is 0 Å². The number of hydrogen-bond acceptors (Lipinski definition) is 3. The molecule has 0 spiro atoms. The van der Waals surface area contributed by atoms with Gasteiger partial charge in [0.1, 0.15) is 12.4 Å². The van der Waals surface area contributed by atoms with Gasteiger partial charge in [-0.1, -0.05) is 22.0 Å². The molecule has 6 heteroatoms. The molecule has 0 aliphatic carbocycles. The number of carbonyl (C=O) groups excluding carboxylic acids is 1. The molecule has 0 saturated heterocycles. The van der Waals surface area contributed by atoms with Gasteiger partial charge in [-0.2, -0.15) is 0 Å². The van der Waals surface area contributed by atoms with Gasteiger partial charge in [0.15, 0.2) is 0 Å². The fourth-order valence-corrected chi connectivity index (χ4v) is 1.62. The lowest BCUT2D eigenvalue weighted by molar-refractivity contribution is -0.121. The molecule has 2 N–H and O–H groups in total. The molecule has 0 atom stereocenters. The molecular weight excluding hydrogens is 320 g/mol. The number of halogens is 2. The Hall–Kier alpha value is -0.780. The summed E-state index contributed by atoms with van der Waals surface area (Å²) in [5.74, 6) is 0.834. The second-order valence-corrected chi connectivity index (χ2v) is 4.43. The molecule has 1 rings (SSSR count). The number of benzene rings is 1. The van der Waals surface area contributed by atoms with Crippen LogP contribution in [0.5, 0.6) is 5.75 Å². The summed E-state index contributed by atoms with van der Waals surface area (Å²) in [4.78, 5) is 11.3. The van der Waals surface area contributed by atoms with Crippen molar-refractivity contribution in [2.45, 2.75) is 6.42 Å². The number of amides is 1. The molecule has 0 unspecified atom stereocenters. The summed E-state index contributed by atoms with van der Waals surface area (Å²) in [6.07, 6.45) is 0.493. The van der Waals surface area contributed by atoms with Crippen LogP contribution < -0.4 is 15.4 Å². The van der Waals surface area contributed by atoms with Crippen LogP contribution in [-0.2, 0) is 4.79 Å². The lowest BCUT2D eigenvalue weighted by atomic mass is 10.3. The highest BCUT2D eigenvalue weighted by Gasteiger charge is 1.99. The van der Waals surface area contributed by atoms with Gasteiger partial charge in [0.05, 0.1) is 6.54 Å². The van der Waals surface area contributed by atoms with Crippen molar-refractivity contribution in [2.75, 3.05) is 26.7 Å².